The Morgan fingerprint density at radius 3 is 2.85 bits per heavy atom. The Morgan fingerprint density at radius 2 is 2.00 bits per heavy atom. The summed E-state index contributed by atoms with van der Waals surface area (Å²) in [5.74, 6) is -0.419. The van der Waals surface area contributed by atoms with E-state index in [9.17, 15) is 9.18 Å². The molecule has 4 rings (SSSR count). The van der Waals surface area contributed by atoms with E-state index in [-0.39, 0.29) is 34.9 Å². The number of nitrogens with zero attached hydrogens (tertiary/aromatic N) is 3. The third-order valence-electron chi connectivity index (χ3n) is 3.96. The zero-order chi connectivity index (χ0) is 18.1. The molecule has 0 bridgehead atoms. The van der Waals surface area contributed by atoms with Crippen molar-refractivity contribution in [3.63, 3.8) is 0 Å². The van der Waals surface area contributed by atoms with Gasteiger partial charge in [0.25, 0.3) is 11.4 Å². The summed E-state index contributed by atoms with van der Waals surface area (Å²) in [6, 6.07) is 15.0. The molecule has 26 heavy (non-hydrogen) atoms. The predicted octanol–water partition coefficient (Wildman–Crippen LogP) is 3.18. The lowest BCUT2D eigenvalue weighted by atomic mass is 10.1. The van der Waals surface area contributed by atoms with Gasteiger partial charge >= 0.3 is 0 Å². The number of pyridine rings is 1. The van der Waals surface area contributed by atoms with Crippen LogP contribution in [0, 0.1) is 17.1 Å². The first kappa shape index (κ1) is 15.7. The van der Waals surface area contributed by atoms with Gasteiger partial charge in [-0.2, -0.15) is 5.26 Å². The van der Waals surface area contributed by atoms with E-state index in [0.29, 0.717) is 5.56 Å². The van der Waals surface area contributed by atoms with Crippen molar-refractivity contribution < 1.29 is 8.81 Å². The number of H-pyrrole nitrogens is 1. The summed E-state index contributed by atoms with van der Waals surface area (Å²) in [5.41, 5.74) is 1.29. The van der Waals surface area contributed by atoms with Crippen molar-refractivity contribution in [1.82, 2.24) is 15.2 Å². The van der Waals surface area contributed by atoms with Crippen LogP contribution >= 0.6 is 0 Å². The number of para-hydroxylation sites is 1. The standard InChI is InChI=1S/C19H11FN4O2/c20-15-6-5-11(10-21)7-14(15)19-24-23-17(26-19)9-13-8-12-3-1-2-4-16(12)22-18(13)25/h1-8H,9H2,(H,22,25). The first-order valence-corrected chi connectivity index (χ1v) is 7.77. The Morgan fingerprint density at radius 1 is 1.15 bits per heavy atom. The van der Waals surface area contributed by atoms with Crippen LogP contribution in [-0.4, -0.2) is 15.2 Å². The first-order chi connectivity index (χ1) is 12.6. The second kappa shape index (κ2) is 6.26. The molecular formula is C19H11FN4O2. The molecule has 0 atom stereocenters. The van der Waals surface area contributed by atoms with Crippen LogP contribution in [-0.2, 0) is 6.42 Å². The number of halogens is 1. The number of rotatable bonds is 3. The molecule has 2 aromatic heterocycles. The lowest BCUT2D eigenvalue weighted by Gasteiger charge is -2.01. The lowest BCUT2D eigenvalue weighted by Crippen LogP contribution is -2.12. The molecule has 0 aliphatic rings. The quantitative estimate of drug-likeness (QED) is 0.615. The smallest absolute Gasteiger partial charge is 0.252 e. The third kappa shape index (κ3) is 2.84. The second-order valence-corrected chi connectivity index (χ2v) is 5.70. The molecule has 1 N–H and O–H groups in total. The van der Waals surface area contributed by atoms with Crippen LogP contribution in [0.2, 0.25) is 0 Å². The van der Waals surface area contributed by atoms with Crippen LogP contribution < -0.4 is 5.56 Å². The maximum absolute atomic E-state index is 14.0. The molecule has 0 radical (unpaired) electrons. The average Bonchev–Trinajstić information content (AvgIpc) is 3.11. The molecule has 0 spiro atoms. The molecule has 0 saturated carbocycles. The SMILES string of the molecule is N#Cc1ccc(F)c(-c2nnc(Cc3cc4ccccc4[nH]c3=O)o2)c1. The molecule has 0 aliphatic carbocycles. The van der Waals surface area contributed by atoms with E-state index < -0.39 is 5.82 Å². The molecule has 126 valence electrons. The fourth-order valence-electron chi connectivity index (χ4n) is 2.68. The molecule has 2 heterocycles. The summed E-state index contributed by atoms with van der Waals surface area (Å²) in [6.45, 7) is 0. The summed E-state index contributed by atoms with van der Waals surface area (Å²) in [5, 5.41) is 17.5. The van der Waals surface area contributed by atoms with E-state index in [1.807, 2.05) is 30.3 Å². The van der Waals surface area contributed by atoms with Crippen LogP contribution in [0.3, 0.4) is 0 Å². The van der Waals surface area contributed by atoms with Crippen molar-refractivity contribution in [2.75, 3.05) is 0 Å². The summed E-state index contributed by atoms with van der Waals surface area (Å²) >= 11 is 0. The Kier molecular flexibility index (Phi) is 3.78. The van der Waals surface area contributed by atoms with Crippen LogP contribution in [0.25, 0.3) is 22.4 Å². The fourth-order valence-corrected chi connectivity index (χ4v) is 2.68. The molecule has 6 nitrogen and oxygen atoms in total. The van der Waals surface area contributed by atoms with Gasteiger partial charge < -0.3 is 9.40 Å². The normalized spacial score (nSPS) is 10.8. The minimum absolute atomic E-state index is 0.0354. The molecule has 0 fully saturated rings. The fraction of sp³-hybridized carbons (Fsp3) is 0.0526. The Balaban J connectivity index is 1.69. The van der Waals surface area contributed by atoms with Gasteiger partial charge in [0.05, 0.1) is 23.6 Å². The van der Waals surface area contributed by atoms with Gasteiger partial charge in [0.2, 0.25) is 5.89 Å². The number of nitriles is 1. The number of benzene rings is 2. The zero-order valence-corrected chi connectivity index (χ0v) is 13.4. The van der Waals surface area contributed by atoms with Crippen molar-refractivity contribution in [1.29, 1.82) is 5.26 Å². The second-order valence-electron chi connectivity index (χ2n) is 5.70. The highest BCUT2D eigenvalue weighted by Gasteiger charge is 2.15. The van der Waals surface area contributed by atoms with Gasteiger partial charge in [-0.15, -0.1) is 10.2 Å². The number of nitrogens with one attached hydrogen (secondary N) is 1. The summed E-state index contributed by atoms with van der Waals surface area (Å²) in [6.07, 6.45) is 0.118. The van der Waals surface area contributed by atoms with Gasteiger partial charge in [-0.05, 0) is 35.7 Å². The number of aromatic nitrogens is 3. The van der Waals surface area contributed by atoms with E-state index in [0.717, 1.165) is 10.9 Å². The molecule has 7 heteroatoms. The van der Waals surface area contributed by atoms with Crippen LogP contribution in [0.5, 0.6) is 0 Å². The van der Waals surface area contributed by atoms with Crippen molar-refractivity contribution in [2.24, 2.45) is 0 Å². The van der Waals surface area contributed by atoms with Crippen LogP contribution in [0.1, 0.15) is 17.0 Å². The highest BCUT2D eigenvalue weighted by atomic mass is 19.1. The van der Waals surface area contributed by atoms with Gasteiger partial charge in [0.1, 0.15) is 5.82 Å². The molecular weight excluding hydrogens is 335 g/mol. The molecule has 0 saturated heterocycles. The van der Waals surface area contributed by atoms with E-state index in [2.05, 4.69) is 15.2 Å². The number of fused-ring (bicyclic) bond motifs is 1. The van der Waals surface area contributed by atoms with E-state index >= 15 is 0 Å². The largest absolute Gasteiger partial charge is 0.420 e. The Labute approximate surface area is 146 Å². The van der Waals surface area contributed by atoms with E-state index in [1.54, 1.807) is 6.07 Å². The van der Waals surface area contributed by atoms with E-state index in [4.69, 9.17) is 9.68 Å². The predicted molar refractivity (Wildman–Crippen MR) is 91.8 cm³/mol. The van der Waals surface area contributed by atoms with Gasteiger partial charge in [0.15, 0.2) is 0 Å². The molecule has 0 aliphatic heterocycles. The Hall–Kier alpha value is -3.79. The molecule has 4 aromatic rings. The highest BCUT2D eigenvalue weighted by Crippen LogP contribution is 2.23. The lowest BCUT2D eigenvalue weighted by molar-refractivity contribution is 0.512. The molecule has 0 amide bonds. The van der Waals surface area contributed by atoms with Gasteiger partial charge in [-0.25, -0.2) is 4.39 Å². The highest BCUT2D eigenvalue weighted by molar-refractivity contribution is 5.78. The number of aromatic amines is 1. The van der Waals surface area contributed by atoms with Crippen LogP contribution in [0.15, 0.2) is 57.7 Å². The molecule has 0 unspecified atom stereocenters. The minimum Gasteiger partial charge on any atom is -0.420 e. The van der Waals surface area contributed by atoms with Gasteiger partial charge in [-0.3, -0.25) is 4.79 Å². The average molecular weight is 346 g/mol. The van der Waals surface area contributed by atoms with Crippen molar-refractivity contribution in [3.05, 3.63) is 81.7 Å². The Bertz CT molecular complexity index is 1220. The topological polar surface area (TPSA) is 95.6 Å². The monoisotopic (exact) mass is 346 g/mol. The van der Waals surface area contributed by atoms with Gasteiger partial charge in [0, 0.05) is 11.1 Å². The van der Waals surface area contributed by atoms with E-state index in [1.165, 1.54) is 18.2 Å². The zero-order valence-electron chi connectivity index (χ0n) is 13.4. The van der Waals surface area contributed by atoms with Gasteiger partial charge in [-0.1, -0.05) is 18.2 Å². The first-order valence-electron chi connectivity index (χ1n) is 7.77. The summed E-state index contributed by atoms with van der Waals surface area (Å²) < 4.78 is 19.5. The third-order valence-corrected chi connectivity index (χ3v) is 3.96. The van der Waals surface area contributed by atoms with Crippen molar-refractivity contribution >= 4 is 10.9 Å². The van der Waals surface area contributed by atoms with Crippen molar-refractivity contribution in [2.45, 2.75) is 6.42 Å². The van der Waals surface area contributed by atoms with Crippen LogP contribution in [0.4, 0.5) is 4.39 Å². The summed E-state index contributed by atoms with van der Waals surface area (Å²) in [7, 11) is 0. The molecule has 2 aromatic carbocycles. The minimum atomic E-state index is -0.567. The maximum Gasteiger partial charge on any atom is 0.252 e. The summed E-state index contributed by atoms with van der Waals surface area (Å²) in [4.78, 5) is 15.0. The maximum atomic E-state index is 14.0. The number of hydrogen-bond donors (Lipinski definition) is 1. The van der Waals surface area contributed by atoms with Crippen molar-refractivity contribution in [3.8, 4) is 17.5 Å². The number of hydrogen-bond acceptors (Lipinski definition) is 5.